The van der Waals surface area contributed by atoms with Crippen molar-refractivity contribution in [3.05, 3.63) is 48.0 Å². The minimum absolute atomic E-state index is 0.612. The van der Waals surface area contributed by atoms with Crippen LogP contribution in [0.15, 0.2) is 42.5 Å². The highest BCUT2D eigenvalue weighted by Crippen LogP contribution is 2.19. The van der Waals surface area contributed by atoms with Gasteiger partial charge in [0.25, 0.3) is 0 Å². The van der Waals surface area contributed by atoms with Crippen molar-refractivity contribution in [3.8, 4) is 0 Å². The van der Waals surface area contributed by atoms with Crippen LogP contribution >= 0.6 is 0 Å². The normalized spacial score (nSPS) is 15.6. The van der Waals surface area contributed by atoms with Crippen LogP contribution in [0.3, 0.4) is 0 Å². The summed E-state index contributed by atoms with van der Waals surface area (Å²) >= 11 is 0. The molecule has 0 spiro atoms. The van der Waals surface area contributed by atoms with Crippen molar-refractivity contribution in [1.82, 2.24) is 0 Å². The summed E-state index contributed by atoms with van der Waals surface area (Å²) in [6, 6.07) is 8.85. The van der Waals surface area contributed by atoms with Crippen LogP contribution in [0.25, 0.3) is 0 Å². The lowest BCUT2D eigenvalue weighted by molar-refractivity contribution is 0.103. The summed E-state index contributed by atoms with van der Waals surface area (Å²) in [4.78, 5) is 0. The van der Waals surface area contributed by atoms with Gasteiger partial charge in [-0.2, -0.15) is 0 Å². The molecule has 0 aliphatic carbocycles. The summed E-state index contributed by atoms with van der Waals surface area (Å²) in [5, 5.41) is 9.59. The molecule has 0 aliphatic heterocycles. The molecule has 14 heavy (non-hydrogen) atoms. The van der Waals surface area contributed by atoms with Crippen LogP contribution in [-0.2, 0) is 0 Å². The SMILES string of the molecule is CC/C=C/C(F)C(O)c1ccccc1. The minimum Gasteiger partial charge on any atom is -0.385 e. The number of aliphatic hydroxyl groups excluding tert-OH is 1. The average Bonchev–Trinajstić information content (AvgIpc) is 2.26. The summed E-state index contributed by atoms with van der Waals surface area (Å²) in [5.41, 5.74) is 0.612. The molecular formula is C12H15FO. The van der Waals surface area contributed by atoms with E-state index in [1.165, 1.54) is 6.08 Å². The molecule has 0 heterocycles. The average molecular weight is 194 g/mol. The third-order valence-electron chi connectivity index (χ3n) is 2.00. The molecule has 2 heteroatoms. The fourth-order valence-corrected chi connectivity index (χ4v) is 1.21. The molecule has 0 bridgehead atoms. The van der Waals surface area contributed by atoms with Crippen molar-refractivity contribution < 1.29 is 9.50 Å². The number of benzene rings is 1. The fraction of sp³-hybridized carbons (Fsp3) is 0.333. The van der Waals surface area contributed by atoms with Crippen molar-refractivity contribution >= 4 is 0 Å². The van der Waals surface area contributed by atoms with Crippen LogP contribution in [-0.4, -0.2) is 11.3 Å². The first-order valence-electron chi connectivity index (χ1n) is 4.79. The van der Waals surface area contributed by atoms with E-state index >= 15 is 0 Å². The van der Waals surface area contributed by atoms with Crippen LogP contribution < -0.4 is 0 Å². The molecule has 1 rings (SSSR count). The largest absolute Gasteiger partial charge is 0.385 e. The molecule has 0 radical (unpaired) electrons. The van der Waals surface area contributed by atoms with Crippen LogP contribution in [0.4, 0.5) is 4.39 Å². The van der Waals surface area contributed by atoms with Gasteiger partial charge in [0, 0.05) is 0 Å². The van der Waals surface area contributed by atoms with Gasteiger partial charge in [-0.1, -0.05) is 49.4 Å². The van der Waals surface area contributed by atoms with E-state index in [-0.39, 0.29) is 0 Å². The second-order valence-electron chi connectivity index (χ2n) is 3.14. The van der Waals surface area contributed by atoms with Crippen LogP contribution in [0.1, 0.15) is 25.0 Å². The van der Waals surface area contributed by atoms with Crippen LogP contribution in [0.2, 0.25) is 0 Å². The fourth-order valence-electron chi connectivity index (χ4n) is 1.21. The second kappa shape index (κ2) is 5.55. The molecule has 1 nitrogen and oxygen atoms in total. The van der Waals surface area contributed by atoms with Gasteiger partial charge in [0.15, 0.2) is 0 Å². The standard InChI is InChI=1S/C12H15FO/c1-2-3-9-11(13)12(14)10-7-5-4-6-8-10/h3-9,11-12,14H,2H2,1H3/b9-3+. The first-order chi connectivity index (χ1) is 6.75. The molecule has 1 N–H and O–H groups in total. The summed E-state index contributed by atoms with van der Waals surface area (Å²) in [7, 11) is 0. The van der Waals surface area contributed by atoms with Gasteiger partial charge in [-0.25, -0.2) is 4.39 Å². The van der Waals surface area contributed by atoms with E-state index in [9.17, 15) is 9.50 Å². The zero-order chi connectivity index (χ0) is 10.4. The van der Waals surface area contributed by atoms with E-state index in [4.69, 9.17) is 0 Å². The minimum atomic E-state index is -1.32. The van der Waals surface area contributed by atoms with Crippen molar-refractivity contribution in [2.45, 2.75) is 25.6 Å². The molecule has 1 aromatic rings. The lowest BCUT2D eigenvalue weighted by Gasteiger charge is -2.12. The molecule has 0 amide bonds. The first kappa shape index (κ1) is 10.9. The number of hydrogen-bond donors (Lipinski definition) is 1. The Morgan fingerprint density at radius 2 is 2.00 bits per heavy atom. The number of allylic oxidation sites excluding steroid dienone is 1. The lowest BCUT2D eigenvalue weighted by atomic mass is 10.1. The summed E-state index contributed by atoms with van der Waals surface area (Å²) in [6.45, 7) is 1.93. The Balaban J connectivity index is 2.65. The van der Waals surface area contributed by atoms with Crippen LogP contribution in [0, 0.1) is 0 Å². The Hall–Kier alpha value is -1.15. The van der Waals surface area contributed by atoms with E-state index < -0.39 is 12.3 Å². The van der Waals surface area contributed by atoms with Crippen molar-refractivity contribution in [3.63, 3.8) is 0 Å². The maximum Gasteiger partial charge on any atom is 0.148 e. The summed E-state index contributed by atoms with van der Waals surface area (Å²) < 4.78 is 13.3. The predicted molar refractivity (Wildman–Crippen MR) is 55.7 cm³/mol. The maximum absolute atomic E-state index is 13.3. The molecule has 2 unspecified atom stereocenters. The number of rotatable bonds is 4. The molecule has 2 atom stereocenters. The van der Waals surface area contributed by atoms with Gasteiger partial charge in [-0.05, 0) is 12.0 Å². The first-order valence-corrected chi connectivity index (χ1v) is 4.79. The van der Waals surface area contributed by atoms with Gasteiger partial charge in [0.1, 0.15) is 12.3 Å². The third kappa shape index (κ3) is 2.96. The Labute approximate surface area is 83.9 Å². The lowest BCUT2D eigenvalue weighted by Crippen LogP contribution is -2.10. The van der Waals surface area contributed by atoms with Gasteiger partial charge in [-0.15, -0.1) is 0 Å². The van der Waals surface area contributed by atoms with Gasteiger partial charge in [0.05, 0.1) is 0 Å². The predicted octanol–water partition coefficient (Wildman–Crippen LogP) is 3.02. The number of halogens is 1. The Kier molecular flexibility index (Phi) is 4.33. The van der Waals surface area contributed by atoms with Crippen molar-refractivity contribution in [2.24, 2.45) is 0 Å². The van der Waals surface area contributed by atoms with E-state index in [1.807, 2.05) is 13.0 Å². The smallest absolute Gasteiger partial charge is 0.148 e. The van der Waals surface area contributed by atoms with Crippen LogP contribution in [0.5, 0.6) is 0 Å². The molecule has 0 aromatic heterocycles. The van der Waals surface area contributed by atoms with Crippen molar-refractivity contribution in [2.75, 3.05) is 0 Å². The van der Waals surface area contributed by atoms with Gasteiger partial charge in [-0.3, -0.25) is 0 Å². The molecule has 0 aliphatic rings. The quantitative estimate of drug-likeness (QED) is 0.730. The maximum atomic E-state index is 13.3. The number of hydrogen-bond acceptors (Lipinski definition) is 1. The van der Waals surface area contributed by atoms with Gasteiger partial charge >= 0.3 is 0 Å². The number of alkyl halides is 1. The zero-order valence-electron chi connectivity index (χ0n) is 8.23. The van der Waals surface area contributed by atoms with Gasteiger partial charge in [0.2, 0.25) is 0 Å². The Bertz CT molecular complexity index is 282. The molecular weight excluding hydrogens is 179 g/mol. The topological polar surface area (TPSA) is 20.2 Å². The van der Waals surface area contributed by atoms with E-state index in [0.717, 1.165) is 6.42 Å². The van der Waals surface area contributed by atoms with Gasteiger partial charge < -0.3 is 5.11 Å². The van der Waals surface area contributed by atoms with Crippen molar-refractivity contribution in [1.29, 1.82) is 0 Å². The second-order valence-corrected chi connectivity index (χ2v) is 3.14. The molecule has 0 saturated carbocycles. The highest BCUT2D eigenvalue weighted by molar-refractivity contribution is 5.19. The molecule has 0 fully saturated rings. The summed E-state index contributed by atoms with van der Waals surface area (Å²) in [6.07, 6.45) is 1.52. The third-order valence-corrected chi connectivity index (χ3v) is 2.00. The molecule has 76 valence electrons. The highest BCUT2D eigenvalue weighted by Gasteiger charge is 2.16. The summed E-state index contributed by atoms with van der Waals surface area (Å²) in [5.74, 6) is 0. The Morgan fingerprint density at radius 3 is 2.57 bits per heavy atom. The highest BCUT2D eigenvalue weighted by atomic mass is 19.1. The molecule has 1 aromatic carbocycles. The number of aliphatic hydroxyl groups is 1. The van der Waals surface area contributed by atoms with E-state index in [0.29, 0.717) is 5.56 Å². The molecule has 0 saturated heterocycles. The zero-order valence-corrected chi connectivity index (χ0v) is 8.23. The van der Waals surface area contributed by atoms with E-state index in [1.54, 1.807) is 30.3 Å². The Morgan fingerprint density at radius 1 is 1.36 bits per heavy atom. The van der Waals surface area contributed by atoms with E-state index in [2.05, 4.69) is 0 Å². The monoisotopic (exact) mass is 194 g/mol.